The Balaban J connectivity index is 1.37. The first kappa shape index (κ1) is 24.3. The Morgan fingerprint density at radius 2 is 1.71 bits per heavy atom. The molecule has 5 rings (SSSR count). The van der Waals surface area contributed by atoms with E-state index >= 15 is 0 Å². The number of sulfonamides is 1. The maximum absolute atomic E-state index is 13.8. The molecule has 1 amide bonds. The smallest absolute Gasteiger partial charge is 0.243 e. The summed E-state index contributed by atoms with van der Waals surface area (Å²) in [5, 5.41) is 2.97. The second-order valence-corrected chi connectivity index (χ2v) is 12.1. The highest BCUT2D eigenvalue weighted by atomic mass is 32.2. The Labute approximate surface area is 209 Å². The Morgan fingerprint density at radius 1 is 0.943 bits per heavy atom. The monoisotopic (exact) mass is 495 g/mol. The summed E-state index contributed by atoms with van der Waals surface area (Å²) in [6.45, 7) is 1.70. The molecule has 0 spiro atoms. The van der Waals surface area contributed by atoms with Crippen molar-refractivity contribution in [3.8, 4) is 0 Å². The molecule has 0 unspecified atom stereocenters. The molecule has 1 saturated heterocycles. The van der Waals surface area contributed by atoms with Crippen molar-refractivity contribution in [1.82, 2.24) is 4.72 Å². The number of rotatable bonds is 8. The highest BCUT2D eigenvalue weighted by Crippen LogP contribution is 2.35. The van der Waals surface area contributed by atoms with Crippen LogP contribution in [0.4, 0.5) is 11.4 Å². The zero-order chi connectivity index (χ0) is 24.3. The molecule has 1 heterocycles. The van der Waals surface area contributed by atoms with Crippen LogP contribution < -0.4 is 14.9 Å². The van der Waals surface area contributed by atoms with E-state index in [0.717, 1.165) is 62.9 Å². The lowest BCUT2D eigenvalue weighted by Crippen LogP contribution is -2.32. The molecule has 35 heavy (non-hydrogen) atoms. The molecule has 0 radical (unpaired) electrons. The van der Waals surface area contributed by atoms with E-state index in [2.05, 4.69) is 21.0 Å². The molecule has 2 aromatic carbocycles. The largest absolute Gasteiger partial charge is 0.370 e. The summed E-state index contributed by atoms with van der Waals surface area (Å²) < 4.78 is 30.6. The van der Waals surface area contributed by atoms with Gasteiger partial charge in [0.1, 0.15) is 4.90 Å². The maximum atomic E-state index is 13.8. The highest BCUT2D eigenvalue weighted by molar-refractivity contribution is 7.89. The van der Waals surface area contributed by atoms with Crippen LogP contribution in [0.15, 0.2) is 47.4 Å². The van der Waals surface area contributed by atoms with Crippen LogP contribution >= 0.6 is 0 Å². The number of nitrogens with zero attached hydrogens (tertiary/aromatic N) is 1. The van der Waals surface area contributed by atoms with Crippen LogP contribution in [0.1, 0.15) is 81.4 Å². The van der Waals surface area contributed by atoms with Gasteiger partial charge < -0.3 is 10.2 Å². The number of fused-ring (bicyclic) bond motifs is 1. The van der Waals surface area contributed by atoms with Gasteiger partial charge in [-0.3, -0.25) is 4.79 Å². The van der Waals surface area contributed by atoms with Crippen LogP contribution in [0, 0.1) is 5.92 Å². The predicted molar refractivity (Wildman–Crippen MR) is 140 cm³/mol. The van der Waals surface area contributed by atoms with E-state index in [1.165, 1.54) is 31.2 Å². The van der Waals surface area contributed by atoms with Crippen molar-refractivity contribution in [2.45, 2.75) is 81.6 Å². The third kappa shape index (κ3) is 5.72. The van der Waals surface area contributed by atoms with Crippen molar-refractivity contribution in [2.75, 3.05) is 23.3 Å². The molecular weight excluding hydrogens is 458 g/mol. The highest BCUT2D eigenvalue weighted by Gasteiger charge is 2.29. The molecule has 2 aliphatic carbocycles. The quantitative estimate of drug-likeness (QED) is 0.503. The van der Waals surface area contributed by atoms with E-state index in [4.69, 9.17) is 0 Å². The van der Waals surface area contributed by atoms with Crippen LogP contribution in [-0.2, 0) is 21.2 Å². The van der Waals surface area contributed by atoms with Gasteiger partial charge >= 0.3 is 0 Å². The lowest BCUT2D eigenvalue weighted by molar-refractivity contribution is -0.116. The number of nitrogens with one attached hydrogen (secondary N) is 2. The van der Waals surface area contributed by atoms with Crippen molar-refractivity contribution in [3.63, 3.8) is 0 Å². The third-order valence-electron chi connectivity index (χ3n) is 7.90. The minimum atomic E-state index is -3.80. The van der Waals surface area contributed by atoms with Crippen LogP contribution in [0.3, 0.4) is 0 Å². The lowest BCUT2D eigenvalue weighted by atomic mass is 9.88. The molecule has 6 nitrogen and oxygen atoms in total. The molecule has 188 valence electrons. The average Bonchev–Trinajstić information content (AvgIpc) is 3.58. The van der Waals surface area contributed by atoms with Gasteiger partial charge in [-0.25, -0.2) is 13.1 Å². The molecule has 1 atom stereocenters. The van der Waals surface area contributed by atoms with Crippen molar-refractivity contribution in [1.29, 1.82) is 0 Å². The Hall–Kier alpha value is -2.38. The second-order valence-electron chi connectivity index (χ2n) is 10.4. The first-order valence-electron chi connectivity index (χ1n) is 13.3. The minimum Gasteiger partial charge on any atom is -0.370 e. The fourth-order valence-electron chi connectivity index (χ4n) is 6.01. The standard InChI is InChI=1S/C28H37N3O3S/c32-28(17-14-21-8-1-2-9-21)29-23-15-16-26(31-18-5-6-19-31)27(20-23)35(33,34)30-25-13-7-11-22-10-3-4-12-24(22)25/h3-4,10,12,15-16,20-21,25,30H,1-2,5-9,11,13-14,17-19H2,(H,29,32)/t25-/m1/s1. The molecule has 2 fully saturated rings. The zero-order valence-corrected chi connectivity index (χ0v) is 21.3. The zero-order valence-electron chi connectivity index (χ0n) is 20.5. The number of benzene rings is 2. The van der Waals surface area contributed by atoms with E-state index in [1.54, 1.807) is 6.07 Å². The number of anilines is 2. The van der Waals surface area contributed by atoms with E-state index in [0.29, 0.717) is 18.0 Å². The topological polar surface area (TPSA) is 78.5 Å². The van der Waals surface area contributed by atoms with E-state index in [1.807, 2.05) is 30.3 Å². The summed E-state index contributed by atoms with van der Waals surface area (Å²) in [5.41, 5.74) is 3.56. The first-order chi connectivity index (χ1) is 17.0. The van der Waals surface area contributed by atoms with E-state index in [9.17, 15) is 13.2 Å². The van der Waals surface area contributed by atoms with Gasteiger partial charge in [0.05, 0.1) is 5.69 Å². The fraction of sp³-hybridized carbons (Fsp3) is 0.536. The molecule has 0 bridgehead atoms. The Kier molecular flexibility index (Phi) is 7.44. The minimum absolute atomic E-state index is 0.0386. The second kappa shape index (κ2) is 10.7. The number of carbonyl (C=O) groups is 1. The van der Waals surface area contributed by atoms with Crippen LogP contribution in [0.25, 0.3) is 0 Å². The fourth-order valence-corrected chi connectivity index (χ4v) is 7.51. The van der Waals surface area contributed by atoms with Gasteiger partial charge in [-0.2, -0.15) is 0 Å². The Morgan fingerprint density at radius 3 is 2.51 bits per heavy atom. The SMILES string of the molecule is O=C(CCC1CCCC1)Nc1ccc(N2CCCC2)c(S(=O)(=O)N[C@@H]2CCCc3ccccc32)c1. The first-order valence-corrected chi connectivity index (χ1v) is 14.8. The van der Waals surface area contributed by atoms with Gasteiger partial charge in [-0.05, 0) is 73.8 Å². The van der Waals surface area contributed by atoms with Crippen LogP contribution in [0.5, 0.6) is 0 Å². The van der Waals surface area contributed by atoms with Gasteiger partial charge in [0.15, 0.2) is 0 Å². The van der Waals surface area contributed by atoms with Gasteiger partial charge in [-0.1, -0.05) is 49.9 Å². The molecule has 1 aliphatic heterocycles. The van der Waals surface area contributed by atoms with Crippen molar-refractivity contribution in [3.05, 3.63) is 53.6 Å². The Bertz CT molecular complexity index is 1150. The van der Waals surface area contributed by atoms with Gasteiger partial charge in [0, 0.05) is 31.2 Å². The summed E-state index contributed by atoms with van der Waals surface area (Å²) in [4.78, 5) is 15.0. The molecule has 1 saturated carbocycles. The third-order valence-corrected chi connectivity index (χ3v) is 9.40. The van der Waals surface area contributed by atoms with Crippen molar-refractivity contribution >= 4 is 27.3 Å². The summed E-state index contributed by atoms with van der Waals surface area (Å²) in [6.07, 6.45) is 11.2. The summed E-state index contributed by atoms with van der Waals surface area (Å²) in [6, 6.07) is 13.2. The number of aryl methyl sites for hydroxylation is 1. The van der Waals surface area contributed by atoms with Gasteiger partial charge in [0.25, 0.3) is 0 Å². The molecule has 7 heteroatoms. The molecule has 2 aromatic rings. The maximum Gasteiger partial charge on any atom is 0.243 e. The van der Waals surface area contributed by atoms with Crippen LogP contribution in [0.2, 0.25) is 0 Å². The van der Waals surface area contributed by atoms with Crippen LogP contribution in [-0.4, -0.2) is 27.4 Å². The number of carbonyl (C=O) groups excluding carboxylic acids is 1. The molecule has 3 aliphatic rings. The summed E-state index contributed by atoms with van der Waals surface area (Å²) >= 11 is 0. The van der Waals surface area contributed by atoms with E-state index < -0.39 is 10.0 Å². The van der Waals surface area contributed by atoms with Gasteiger partial charge in [-0.15, -0.1) is 0 Å². The van der Waals surface area contributed by atoms with E-state index in [-0.39, 0.29) is 16.8 Å². The summed E-state index contributed by atoms with van der Waals surface area (Å²) in [7, 11) is -3.80. The number of hydrogen-bond acceptors (Lipinski definition) is 4. The van der Waals surface area contributed by atoms with Crippen molar-refractivity contribution in [2.24, 2.45) is 5.92 Å². The molecule has 0 aromatic heterocycles. The number of hydrogen-bond donors (Lipinski definition) is 2. The lowest BCUT2D eigenvalue weighted by Gasteiger charge is -2.28. The summed E-state index contributed by atoms with van der Waals surface area (Å²) in [5.74, 6) is 0.611. The molecule has 2 N–H and O–H groups in total. The normalized spacial score (nSPS) is 20.7. The number of amides is 1. The molecular formula is C28H37N3O3S. The van der Waals surface area contributed by atoms with Gasteiger partial charge in [0.2, 0.25) is 15.9 Å². The van der Waals surface area contributed by atoms with Crippen molar-refractivity contribution < 1.29 is 13.2 Å². The predicted octanol–water partition coefficient (Wildman–Crippen LogP) is 5.55. The average molecular weight is 496 g/mol.